The number of hydrogen-bond acceptors (Lipinski definition) is 5. The van der Waals surface area contributed by atoms with Gasteiger partial charge in [0.05, 0.1) is 19.3 Å². The van der Waals surface area contributed by atoms with Crippen LogP contribution in [0.25, 0.3) is 0 Å². The second-order valence-electron chi connectivity index (χ2n) is 9.62. The van der Waals surface area contributed by atoms with E-state index in [9.17, 15) is 0 Å². The molecule has 1 aromatic heterocycles. The van der Waals surface area contributed by atoms with Crippen LogP contribution in [0.4, 0.5) is 0 Å². The molecule has 196 valence electrons. The smallest absolute Gasteiger partial charge is 0.213 e. The number of hydrogen-bond donors (Lipinski definition) is 0. The Kier molecular flexibility index (Phi) is 8.82. The Morgan fingerprint density at radius 3 is 1.71 bits per heavy atom. The lowest BCUT2D eigenvalue weighted by Crippen LogP contribution is -2.35. The van der Waals surface area contributed by atoms with Crippen LogP contribution in [0.5, 0.6) is 5.88 Å². The second kappa shape index (κ2) is 12.8. The fourth-order valence-electron chi connectivity index (χ4n) is 4.88. The lowest BCUT2D eigenvalue weighted by atomic mass is 9.99. The highest BCUT2D eigenvalue weighted by Gasteiger charge is 2.46. The molecule has 4 atom stereocenters. The van der Waals surface area contributed by atoms with Crippen LogP contribution in [0.1, 0.15) is 47.4 Å². The van der Waals surface area contributed by atoms with Crippen molar-refractivity contribution in [1.82, 2.24) is 4.98 Å². The Bertz CT molecular complexity index is 1270. The van der Waals surface area contributed by atoms with Crippen molar-refractivity contribution in [3.63, 3.8) is 0 Å². The fourth-order valence-corrected chi connectivity index (χ4v) is 4.88. The van der Waals surface area contributed by atoms with Crippen LogP contribution in [-0.2, 0) is 34.0 Å². The zero-order valence-corrected chi connectivity index (χ0v) is 22.0. The van der Waals surface area contributed by atoms with Crippen molar-refractivity contribution in [3.8, 4) is 5.88 Å². The molecule has 3 aromatic carbocycles. The Hall–Kier alpha value is -3.51. The minimum absolute atomic E-state index is 0.0853. The van der Waals surface area contributed by atoms with E-state index in [1.165, 1.54) is 0 Å². The fraction of sp³-hybridized carbons (Fsp3) is 0.303. The maximum atomic E-state index is 6.62. The van der Waals surface area contributed by atoms with Gasteiger partial charge in [-0.05, 0) is 36.1 Å². The summed E-state index contributed by atoms with van der Waals surface area (Å²) < 4.78 is 25.7. The first-order chi connectivity index (χ1) is 18.7. The molecule has 0 bridgehead atoms. The summed E-state index contributed by atoms with van der Waals surface area (Å²) in [5, 5.41) is 0. The van der Waals surface area contributed by atoms with Gasteiger partial charge in [-0.3, -0.25) is 0 Å². The van der Waals surface area contributed by atoms with Gasteiger partial charge in [0.1, 0.15) is 24.9 Å². The lowest BCUT2D eigenvalue weighted by molar-refractivity contribution is -0.0795. The van der Waals surface area contributed by atoms with Crippen molar-refractivity contribution < 1.29 is 18.9 Å². The van der Waals surface area contributed by atoms with Crippen LogP contribution in [0.2, 0.25) is 0 Å². The minimum atomic E-state index is -0.292. The van der Waals surface area contributed by atoms with Gasteiger partial charge in [-0.2, -0.15) is 0 Å². The van der Waals surface area contributed by atoms with Crippen LogP contribution in [0.3, 0.4) is 0 Å². The molecule has 1 unspecified atom stereocenters. The van der Waals surface area contributed by atoms with E-state index in [0.717, 1.165) is 34.4 Å². The molecule has 5 nitrogen and oxygen atoms in total. The van der Waals surface area contributed by atoms with E-state index in [-0.39, 0.29) is 24.4 Å². The zero-order valence-electron chi connectivity index (χ0n) is 22.0. The molecular weight excluding hydrogens is 474 g/mol. The molecule has 4 aromatic rings. The van der Waals surface area contributed by atoms with Gasteiger partial charge in [0, 0.05) is 17.3 Å². The first-order valence-corrected chi connectivity index (χ1v) is 13.3. The molecule has 5 rings (SSSR count). The van der Waals surface area contributed by atoms with Crippen LogP contribution < -0.4 is 4.74 Å². The molecule has 38 heavy (non-hydrogen) atoms. The number of pyridine rings is 1. The third-order valence-corrected chi connectivity index (χ3v) is 6.92. The summed E-state index contributed by atoms with van der Waals surface area (Å²) in [6.45, 7) is 5.60. The SMILES string of the molecule is CC[C@H]1O[C@@H](c2ccc(OCc3ccccc3)nc2C)[C@@H](OCc2ccccc2)C1OCc1ccccc1. The summed E-state index contributed by atoms with van der Waals surface area (Å²) in [5.74, 6) is 0.596. The van der Waals surface area contributed by atoms with Crippen LogP contribution in [0, 0.1) is 6.92 Å². The van der Waals surface area contributed by atoms with Gasteiger partial charge in [0.15, 0.2) is 0 Å². The molecule has 1 aliphatic heterocycles. The van der Waals surface area contributed by atoms with E-state index >= 15 is 0 Å². The molecule has 1 saturated heterocycles. The van der Waals surface area contributed by atoms with Crippen molar-refractivity contribution in [2.45, 2.75) is 64.5 Å². The number of aryl methyl sites for hydroxylation is 1. The highest BCUT2D eigenvalue weighted by atomic mass is 16.6. The maximum absolute atomic E-state index is 6.62. The van der Waals surface area contributed by atoms with Crippen LogP contribution in [-0.4, -0.2) is 23.3 Å². The van der Waals surface area contributed by atoms with Crippen molar-refractivity contribution in [3.05, 3.63) is 131 Å². The molecule has 0 radical (unpaired) electrons. The summed E-state index contributed by atoms with van der Waals surface area (Å²) in [6.07, 6.45) is -0.0351. The second-order valence-corrected chi connectivity index (χ2v) is 9.62. The lowest BCUT2D eigenvalue weighted by Gasteiger charge is -2.25. The van der Waals surface area contributed by atoms with Crippen LogP contribution >= 0.6 is 0 Å². The van der Waals surface area contributed by atoms with Gasteiger partial charge in [-0.15, -0.1) is 0 Å². The molecular formula is C33H35NO4. The van der Waals surface area contributed by atoms with Gasteiger partial charge in [-0.25, -0.2) is 4.98 Å². The van der Waals surface area contributed by atoms with Crippen LogP contribution in [0.15, 0.2) is 103 Å². The Labute approximate surface area is 225 Å². The molecule has 1 aliphatic rings. The maximum Gasteiger partial charge on any atom is 0.213 e. The van der Waals surface area contributed by atoms with E-state index in [2.05, 4.69) is 37.3 Å². The minimum Gasteiger partial charge on any atom is -0.473 e. The molecule has 0 N–H and O–H groups in total. The van der Waals surface area contributed by atoms with Gasteiger partial charge >= 0.3 is 0 Å². The molecule has 5 heteroatoms. The van der Waals surface area contributed by atoms with Crippen molar-refractivity contribution in [2.75, 3.05) is 0 Å². The first-order valence-electron chi connectivity index (χ1n) is 13.3. The number of ether oxygens (including phenoxy) is 4. The Balaban J connectivity index is 1.35. The molecule has 1 fully saturated rings. The topological polar surface area (TPSA) is 49.8 Å². The third kappa shape index (κ3) is 6.48. The molecule has 2 heterocycles. The highest BCUT2D eigenvalue weighted by Crippen LogP contribution is 2.40. The van der Waals surface area contributed by atoms with Gasteiger partial charge in [0.25, 0.3) is 0 Å². The van der Waals surface area contributed by atoms with Crippen molar-refractivity contribution in [1.29, 1.82) is 0 Å². The predicted molar refractivity (Wildman–Crippen MR) is 148 cm³/mol. The van der Waals surface area contributed by atoms with Gasteiger partial charge in [-0.1, -0.05) is 97.9 Å². The predicted octanol–water partition coefficient (Wildman–Crippen LogP) is 6.99. The van der Waals surface area contributed by atoms with E-state index in [4.69, 9.17) is 23.9 Å². The molecule has 0 saturated carbocycles. The summed E-state index contributed by atoms with van der Waals surface area (Å²) in [7, 11) is 0. The van der Waals surface area contributed by atoms with Crippen molar-refractivity contribution >= 4 is 0 Å². The molecule has 0 spiro atoms. The largest absolute Gasteiger partial charge is 0.473 e. The number of rotatable bonds is 11. The summed E-state index contributed by atoms with van der Waals surface area (Å²) in [6, 6.07) is 34.5. The molecule has 0 amide bonds. The first kappa shape index (κ1) is 26.1. The average molecular weight is 510 g/mol. The highest BCUT2D eigenvalue weighted by molar-refractivity contribution is 5.30. The quantitative estimate of drug-likeness (QED) is 0.218. The summed E-state index contributed by atoms with van der Waals surface area (Å²) in [4.78, 5) is 4.76. The summed E-state index contributed by atoms with van der Waals surface area (Å²) in [5.41, 5.74) is 5.22. The third-order valence-electron chi connectivity index (χ3n) is 6.92. The normalized spacial score (nSPS) is 20.9. The zero-order chi connectivity index (χ0) is 26.2. The Morgan fingerprint density at radius 1 is 0.658 bits per heavy atom. The van der Waals surface area contributed by atoms with E-state index in [0.29, 0.717) is 25.7 Å². The Morgan fingerprint density at radius 2 is 1.18 bits per heavy atom. The number of nitrogens with zero attached hydrogens (tertiary/aromatic N) is 1. The van der Waals surface area contributed by atoms with E-state index in [1.54, 1.807) is 0 Å². The monoisotopic (exact) mass is 509 g/mol. The average Bonchev–Trinajstić information content (AvgIpc) is 3.32. The summed E-state index contributed by atoms with van der Waals surface area (Å²) >= 11 is 0. The van der Waals surface area contributed by atoms with Crippen molar-refractivity contribution in [2.24, 2.45) is 0 Å². The van der Waals surface area contributed by atoms with E-state index in [1.807, 2.05) is 79.7 Å². The van der Waals surface area contributed by atoms with Gasteiger partial charge in [0.2, 0.25) is 5.88 Å². The molecule has 0 aliphatic carbocycles. The van der Waals surface area contributed by atoms with Gasteiger partial charge < -0.3 is 18.9 Å². The van der Waals surface area contributed by atoms with E-state index < -0.39 is 0 Å². The number of benzene rings is 3. The number of aromatic nitrogens is 1. The standard InChI is InChI=1S/C33H35NO4/c1-3-29-32(36-22-26-15-9-5-10-16-26)33(37-23-27-17-11-6-12-18-27)31(38-29)28-19-20-30(34-24(28)2)35-21-25-13-7-4-8-14-25/h4-20,29,31-33H,3,21-23H2,1-2H3/t29-,31+,32?,33-/m1/s1.